The van der Waals surface area contributed by atoms with Crippen LogP contribution in [0.4, 0.5) is 18.9 Å². The lowest BCUT2D eigenvalue weighted by Crippen LogP contribution is -2.34. The summed E-state index contributed by atoms with van der Waals surface area (Å²) in [6.07, 6.45) is -1.30. The maximum Gasteiger partial charge on any atom is 0.391 e. The normalized spacial score (nSPS) is 23.6. The third-order valence-corrected chi connectivity index (χ3v) is 4.44. The van der Waals surface area contributed by atoms with Crippen LogP contribution >= 0.6 is 15.9 Å². The van der Waals surface area contributed by atoms with Crippen LogP contribution in [-0.4, -0.2) is 12.2 Å². The number of hydrogen-bond donors (Lipinski definition) is 1. The Hall–Kier alpha value is -0.710. The first-order valence-corrected chi connectivity index (χ1v) is 7.81. The second-order valence-electron chi connectivity index (χ2n) is 5.40. The number of nitrogens with one attached hydrogen (secondary N) is 1. The second-order valence-corrected chi connectivity index (χ2v) is 6.32. The number of benzene rings is 1. The summed E-state index contributed by atoms with van der Waals surface area (Å²) in [6.45, 7) is 2.05. The molecule has 1 nitrogen and oxygen atoms in total. The van der Waals surface area contributed by atoms with Gasteiger partial charge in [-0.05, 0) is 49.4 Å². The Labute approximate surface area is 126 Å². The predicted octanol–water partition coefficient (Wildman–Crippen LogP) is 5.54. The Bertz CT molecular complexity index is 459. The molecule has 1 aliphatic rings. The van der Waals surface area contributed by atoms with Crippen molar-refractivity contribution in [1.82, 2.24) is 0 Å². The molecule has 2 unspecified atom stereocenters. The van der Waals surface area contributed by atoms with Crippen molar-refractivity contribution in [2.24, 2.45) is 5.92 Å². The standard InChI is InChI=1S/C15H19BrF3N/c1-2-10-8-12(16)6-7-14(10)20-13-5-3-4-11(9-13)15(17,18)19/h6-8,11,13,20H,2-5,9H2,1H3. The molecule has 0 radical (unpaired) electrons. The minimum atomic E-state index is -4.06. The first-order chi connectivity index (χ1) is 9.40. The minimum absolute atomic E-state index is 0.0816. The Morgan fingerprint density at radius 1 is 1.30 bits per heavy atom. The zero-order valence-corrected chi connectivity index (χ0v) is 13.0. The maximum absolute atomic E-state index is 12.8. The van der Waals surface area contributed by atoms with Crippen molar-refractivity contribution in [2.45, 2.75) is 51.2 Å². The summed E-state index contributed by atoms with van der Waals surface area (Å²) in [6, 6.07) is 5.81. The van der Waals surface area contributed by atoms with E-state index in [0.717, 1.165) is 28.6 Å². The van der Waals surface area contributed by atoms with E-state index >= 15 is 0 Å². The predicted molar refractivity (Wildman–Crippen MR) is 78.9 cm³/mol. The van der Waals surface area contributed by atoms with Gasteiger partial charge >= 0.3 is 6.18 Å². The SMILES string of the molecule is CCc1cc(Br)ccc1NC1CCCC(C(F)(F)F)C1. The first kappa shape index (κ1) is 15.7. The fourth-order valence-electron chi connectivity index (χ4n) is 2.83. The number of aryl methyl sites for hydroxylation is 1. The number of halogens is 4. The van der Waals surface area contributed by atoms with E-state index in [0.29, 0.717) is 6.42 Å². The van der Waals surface area contributed by atoms with Gasteiger partial charge in [-0.1, -0.05) is 29.3 Å². The molecule has 0 bridgehead atoms. The maximum atomic E-state index is 12.8. The summed E-state index contributed by atoms with van der Waals surface area (Å²) in [5, 5.41) is 3.31. The summed E-state index contributed by atoms with van der Waals surface area (Å²) in [4.78, 5) is 0. The van der Waals surface area contributed by atoms with Gasteiger partial charge in [-0.25, -0.2) is 0 Å². The van der Waals surface area contributed by atoms with E-state index in [2.05, 4.69) is 21.2 Å². The van der Waals surface area contributed by atoms with Crippen molar-refractivity contribution in [1.29, 1.82) is 0 Å². The number of hydrogen-bond acceptors (Lipinski definition) is 1. The van der Waals surface area contributed by atoms with E-state index in [1.165, 1.54) is 0 Å². The van der Waals surface area contributed by atoms with Crippen LogP contribution in [0.5, 0.6) is 0 Å². The summed E-state index contributed by atoms with van der Waals surface area (Å²) in [7, 11) is 0. The largest absolute Gasteiger partial charge is 0.391 e. The third kappa shape index (κ3) is 3.90. The molecule has 5 heteroatoms. The molecule has 0 saturated heterocycles. The summed E-state index contributed by atoms with van der Waals surface area (Å²) >= 11 is 3.42. The molecular formula is C15H19BrF3N. The summed E-state index contributed by atoms with van der Waals surface area (Å²) < 4.78 is 39.5. The van der Waals surface area contributed by atoms with Crippen molar-refractivity contribution >= 4 is 21.6 Å². The molecule has 0 aliphatic heterocycles. The van der Waals surface area contributed by atoms with Gasteiger partial charge in [-0.2, -0.15) is 13.2 Å². The van der Waals surface area contributed by atoms with Gasteiger partial charge < -0.3 is 5.32 Å². The quantitative estimate of drug-likeness (QED) is 0.754. The third-order valence-electron chi connectivity index (χ3n) is 3.94. The van der Waals surface area contributed by atoms with Crippen LogP contribution < -0.4 is 5.32 Å². The molecule has 1 aromatic carbocycles. The highest BCUT2D eigenvalue weighted by molar-refractivity contribution is 9.10. The fourth-order valence-corrected chi connectivity index (χ4v) is 3.24. The van der Waals surface area contributed by atoms with Crippen molar-refractivity contribution in [3.05, 3.63) is 28.2 Å². The van der Waals surface area contributed by atoms with Crippen LogP contribution in [0.1, 0.15) is 38.2 Å². The monoisotopic (exact) mass is 349 g/mol. The number of alkyl halides is 3. The Morgan fingerprint density at radius 2 is 2.05 bits per heavy atom. The average molecular weight is 350 g/mol. The van der Waals surface area contributed by atoms with E-state index in [9.17, 15) is 13.2 Å². The molecule has 0 heterocycles. The fraction of sp³-hybridized carbons (Fsp3) is 0.600. The molecule has 1 aliphatic carbocycles. The molecule has 1 N–H and O–H groups in total. The van der Waals surface area contributed by atoms with E-state index < -0.39 is 12.1 Å². The van der Waals surface area contributed by atoms with Gasteiger partial charge in [0.25, 0.3) is 0 Å². The lowest BCUT2D eigenvalue weighted by atomic mass is 9.85. The van der Waals surface area contributed by atoms with Gasteiger partial charge in [-0.15, -0.1) is 0 Å². The van der Waals surface area contributed by atoms with Crippen LogP contribution in [0, 0.1) is 5.92 Å². The van der Waals surface area contributed by atoms with Gasteiger partial charge in [0, 0.05) is 16.2 Å². The highest BCUT2D eigenvalue weighted by atomic mass is 79.9. The first-order valence-electron chi connectivity index (χ1n) is 7.01. The van der Waals surface area contributed by atoms with Crippen molar-refractivity contribution < 1.29 is 13.2 Å². The Balaban J connectivity index is 2.06. The van der Waals surface area contributed by atoms with Crippen LogP contribution in [0.2, 0.25) is 0 Å². The zero-order valence-electron chi connectivity index (χ0n) is 11.4. The molecule has 2 rings (SSSR count). The molecule has 0 aromatic heterocycles. The van der Waals surface area contributed by atoms with Crippen LogP contribution in [0.3, 0.4) is 0 Å². The van der Waals surface area contributed by atoms with E-state index in [1.807, 2.05) is 25.1 Å². The van der Waals surface area contributed by atoms with Gasteiger partial charge in [0.15, 0.2) is 0 Å². The minimum Gasteiger partial charge on any atom is -0.382 e. The molecule has 1 aromatic rings. The molecule has 0 spiro atoms. The van der Waals surface area contributed by atoms with Gasteiger partial charge in [-0.3, -0.25) is 0 Å². The highest BCUT2D eigenvalue weighted by Gasteiger charge is 2.42. The van der Waals surface area contributed by atoms with Crippen LogP contribution in [0.25, 0.3) is 0 Å². The molecule has 1 saturated carbocycles. The van der Waals surface area contributed by atoms with E-state index in [1.54, 1.807) is 0 Å². The Morgan fingerprint density at radius 3 is 2.70 bits per heavy atom. The van der Waals surface area contributed by atoms with Gasteiger partial charge in [0.2, 0.25) is 0 Å². The molecule has 112 valence electrons. The van der Waals surface area contributed by atoms with Crippen molar-refractivity contribution in [3.63, 3.8) is 0 Å². The average Bonchev–Trinajstić information content (AvgIpc) is 2.40. The lowest BCUT2D eigenvalue weighted by Gasteiger charge is -2.32. The molecule has 1 fully saturated rings. The van der Waals surface area contributed by atoms with Crippen molar-refractivity contribution in [3.8, 4) is 0 Å². The number of anilines is 1. The topological polar surface area (TPSA) is 12.0 Å². The molecule has 20 heavy (non-hydrogen) atoms. The highest BCUT2D eigenvalue weighted by Crippen LogP contribution is 2.38. The molecular weight excluding hydrogens is 331 g/mol. The zero-order chi connectivity index (χ0) is 14.8. The molecule has 0 amide bonds. The van der Waals surface area contributed by atoms with Crippen LogP contribution in [0.15, 0.2) is 22.7 Å². The lowest BCUT2D eigenvalue weighted by molar-refractivity contribution is -0.182. The number of rotatable bonds is 3. The summed E-state index contributed by atoms with van der Waals surface area (Å²) in [5.74, 6) is -1.16. The van der Waals surface area contributed by atoms with Crippen LogP contribution in [-0.2, 0) is 6.42 Å². The van der Waals surface area contributed by atoms with Gasteiger partial charge in [0.05, 0.1) is 5.92 Å². The van der Waals surface area contributed by atoms with E-state index in [-0.39, 0.29) is 18.9 Å². The van der Waals surface area contributed by atoms with E-state index in [4.69, 9.17) is 0 Å². The Kier molecular flexibility index (Phi) is 4.99. The summed E-state index contributed by atoms with van der Waals surface area (Å²) in [5.41, 5.74) is 2.09. The van der Waals surface area contributed by atoms with Gasteiger partial charge in [0.1, 0.15) is 0 Å². The second kappa shape index (κ2) is 6.37. The molecule has 2 atom stereocenters. The van der Waals surface area contributed by atoms with Crippen molar-refractivity contribution in [2.75, 3.05) is 5.32 Å². The smallest absolute Gasteiger partial charge is 0.382 e.